The van der Waals surface area contributed by atoms with Crippen LogP contribution in [-0.4, -0.2) is 37.7 Å². The number of carbonyl (C=O) groups is 1. The molecule has 17 heavy (non-hydrogen) atoms. The molecule has 0 aromatic heterocycles. The molecule has 0 aromatic rings. The average molecular weight is 240 g/mol. The van der Waals surface area contributed by atoms with E-state index in [1.54, 1.807) is 0 Å². The van der Waals surface area contributed by atoms with Crippen LogP contribution in [0.2, 0.25) is 0 Å². The van der Waals surface area contributed by atoms with Gasteiger partial charge in [-0.3, -0.25) is 4.79 Å². The minimum atomic E-state index is -0.223. The summed E-state index contributed by atoms with van der Waals surface area (Å²) in [6.45, 7) is 7.07. The topological polar surface area (TPSA) is 50.4 Å². The SMILES string of the molecule is CC1CCOC1C(=O)NC(C)C1CCNCC1. The number of hydrogen-bond acceptors (Lipinski definition) is 3. The predicted octanol–water partition coefficient (Wildman–Crippen LogP) is 0.916. The van der Waals surface area contributed by atoms with Crippen molar-refractivity contribution in [3.8, 4) is 0 Å². The van der Waals surface area contributed by atoms with Gasteiger partial charge in [0.05, 0.1) is 0 Å². The summed E-state index contributed by atoms with van der Waals surface area (Å²) in [5.74, 6) is 1.05. The largest absolute Gasteiger partial charge is 0.368 e. The Bertz CT molecular complexity index is 264. The lowest BCUT2D eigenvalue weighted by Gasteiger charge is -2.29. The lowest BCUT2D eigenvalue weighted by Crippen LogP contribution is -2.47. The van der Waals surface area contributed by atoms with Crippen molar-refractivity contribution in [2.75, 3.05) is 19.7 Å². The van der Waals surface area contributed by atoms with Crippen molar-refractivity contribution in [3.63, 3.8) is 0 Å². The van der Waals surface area contributed by atoms with Gasteiger partial charge < -0.3 is 15.4 Å². The predicted molar refractivity (Wildman–Crippen MR) is 66.7 cm³/mol. The zero-order chi connectivity index (χ0) is 12.3. The van der Waals surface area contributed by atoms with Crippen LogP contribution in [0.3, 0.4) is 0 Å². The van der Waals surface area contributed by atoms with E-state index in [1.165, 1.54) is 0 Å². The molecule has 2 saturated heterocycles. The fourth-order valence-electron chi connectivity index (χ4n) is 2.80. The molecule has 98 valence electrons. The molecule has 4 heteroatoms. The first-order valence-electron chi connectivity index (χ1n) is 6.81. The Morgan fingerprint density at radius 1 is 1.35 bits per heavy atom. The van der Waals surface area contributed by atoms with E-state index in [0.29, 0.717) is 11.8 Å². The summed E-state index contributed by atoms with van der Waals surface area (Å²) in [7, 11) is 0. The number of amides is 1. The molecule has 2 heterocycles. The number of rotatable bonds is 3. The number of ether oxygens (including phenoxy) is 1. The van der Waals surface area contributed by atoms with E-state index in [0.717, 1.165) is 39.0 Å². The number of nitrogens with one attached hydrogen (secondary N) is 2. The number of hydrogen-bond donors (Lipinski definition) is 2. The molecule has 2 fully saturated rings. The minimum absolute atomic E-state index is 0.0843. The van der Waals surface area contributed by atoms with E-state index < -0.39 is 0 Å². The first-order chi connectivity index (χ1) is 8.18. The van der Waals surface area contributed by atoms with Gasteiger partial charge in [0.1, 0.15) is 6.10 Å². The average Bonchev–Trinajstić information content (AvgIpc) is 2.76. The second kappa shape index (κ2) is 5.83. The van der Waals surface area contributed by atoms with Gasteiger partial charge >= 0.3 is 0 Å². The lowest BCUT2D eigenvalue weighted by molar-refractivity contribution is -0.132. The first-order valence-corrected chi connectivity index (χ1v) is 6.81. The van der Waals surface area contributed by atoms with Crippen molar-refractivity contribution >= 4 is 5.91 Å². The molecule has 2 aliphatic rings. The molecule has 0 bridgehead atoms. The van der Waals surface area contributed by atoms with Crippen LogP contribution in [-0.2, 0) is 9.53 Å². The van der Waals surface area contributed by atoms with Gasteiger partial charge in [-0.2, -0.15) is 0 Å². The minimum Gasteiger partial charge on any atom is -0.368 e. The summed E-state index contributed by atoms with van der Waals surface area (Å²) in [5.41, 5.74) is 0. The molecule has 2 rings (SSSR count). The van der Waals surface area contributed by atoms with Crippen molar-refractivity contribution in [2.24, 2.45) is 11.8 Å². The Kier molecular flexibility index (Phi) is 4.40. The molecule has 0 saturated carbocycles. The highest BCUT2D eigenvalue weighted by atomic mass is 16.5. The normalized spacial score (nSPS) is 32.4. The summed E-state index contributed by atoms with van der Waals surface area (Å²) < 4.78 is 5.49. The molecular weight excluding hydrogens is 216 g/mol. The highest BCUT2D eigenvalue weighted by molar-refractivity contribution is 5.81. The summed E-state index contributed by atoms with van der Waals surface area (Å²) in [6.07, 6.45) is 3.09. The van der Waals surface area contributed by atoms with E-state index >= 15 is 0 Å². The fraction of sp³-hybridized carbons (Fsp3) is 0.923. The van der Waals surface area contributed by atoms with Gasteiger partial charge in [-0.25, -0.2) is 0 Å². The van der Waals surface area contributed by atoms with Crippen molar-refractivity contribution in [3.05, 3.63) is 0 Å². The molecule has 2 aliphatic heterocycles. The third-order valence-electron chi connectivity index (χ3n) is 4.11. The van der Waals surface area contributed by atoms with E-state index in [4.69, 9.17) is 4.74 Å². The summed E-state index contributed by atoms with van der Waals surface area (Å²) in [5, 5.41) is 6.48. The van der Waals surface area contributed by atoms with Crippen molar-refractivity contribution in [1.82, 2.24) is 10.6 Å². The van der Waals surface area contributed by atoms with Crippen LogP contribution in [0.1, 0.15) is 33.1 Å². The van der Waals surface area contributed by atoms with E-state index in [9.17, 15) is 4.79 Å². The van der Waals surface area contributed by atoms with Crippen LogP contribution in [0.25, 0.3) is 0 Å². The smallest absolute Gasteiger partial charge is 0.249 e. The maximum absolute atomic E-state index is 12.1. The van der Waals surface area contributed by atoms with Gasteiger partial charge in [-0.05, 0) is 51.1 Å². The van der Waals surface area contributed by atoms with Crippen LogP contribution in [0.5, 0.6) is 0 Å². The lowest BCUT2D eigenvalue weighted by atomic mass is 9.91. The van der Waals surface area contributed by atoms with Gasteiger partial charge in [0.15, 0.2) is 0 Å². The molecule has 2 N–H and O–H groups in total. The summed E-state index contributed by atoms with van der Waals surface area (Å²) in [6, 6.07) is 0.265. The molecule has 3 atom stereocenters. The molecule has 1 amide bonds. The molecule has 0 aliphatic carbocycles. The van der Waals surface area contributed by atoms with Crippen molar-refractivity contribution in [2.45, 2.75) is 45.3 Å². The Hall–Kier alpha value is -0.610. The number of piperidine rings is 1. The zero-order valence-electron chi connectivity index (χ0n) is 10.9. The third-order valence-corrected chi connectivity index (χ3v) is 4.11. The highest BCUT2D eigenvalue weighted by Gasteiger charge is 2.32. The molecule has 0 radical (unpaired) electrons. The van der Waals surface area contributed by atoms with Crippen LogP contribution in [0.4, 0.5) is 0 Å². The van der Waals surface area contributed by atoms with E-state index in [1.807, 2.05) is 0 Å². The highest BCUT2D eigenvalue weighted by Crippen LogP contribution is 2.21. The van der Waals surface area contributed by atoms with Gasteiger partial charge in [0.25, 0.3) is 0 Å². The molecular formula is C13H24N2O2. The summed E-state index contributed by atoms with van der Waals surface area (Å²) in [4.78, 5) is 12.1. The second-order valence-corrected chi connectivity index (χ2v) is 5.44. The first kappa shape index (κ1) is 12.8. The van der Waals surface area contributed by atoms with Crippen LogP contribution < -0.4 is 10.6 Å². The fourth-order valence-corrected chi connectivity index (χ4v) is 2.80. The van der Waals surface area contributed by atoms with Crippen molar-refractivity contribution in [1.29, 1.82) is 0 Å². The van der Waals surface area contributed by atoms with Crippen molar-refractivity contribution < 1.29 is 9.53 Å². The second-order valence-electron chi connectivity index (χ2n) is 5.44. The van der Waals surface area contributed by atoms with E-state index in [-0.39, 0.29) is 18.1 Å². The Morgan fingerprint density at radius 3 is 2.65 bits per heavy atom. The summed E-state index contributed by atoms with van der Waals surface area (Å²) >= 11 is 0. The van der Waals surface area contributed by atoms with Gasteiger partial charge in [0.2, 0.25) is 5.91 Å². The molecule has 0 aromatic carbocycles. The van der Waals surface area contributed by atoms with Gasteiger partial charge in [-0.1, -0.05) is 6.92 Å². The van der Waals surface area contributed by atoms with Crippen LogP contribution in [0, 0.1) is 11.8 Å². The van der Waals surface area contributed by atoms with Crippen LogP contribution in [0.15, 0.2) is 0 Å². The molecule has 4 nitrogen and oxygen atoms in total. The Labute approximate surface area is 103 Å². The zero-order valence-corrected chi connectivity index (χ0v) is 10.9. The van der Waals surface area contributed by atoms with Crippen LogP contribution >= 0.6 is 0 Å². The Balaban J connectivity index is 1.80. The van der Waals surface area contributed by atoms with Gasteiger partial charge in [0, 0.05) is 12.6 Å². The van der Waals surface area contributed by atoms with E-state index in [2.05, 4.69) is 24.5 Å². The monoisotopic (exact) mass is 240 g/mol. The third kappa shape index (κ3) is 3.19. The quantitative estimate of drug-likeness (QED) is 0.771. The maximum Gasteiger partial charge on any atom is 0.249 e. The Morgan fingerprint density at radius 2 is 2.06 bits per heavy atom. The molecule has 3 unspecified atom stereocenters. The maximum atomic E-state index is 12.1. The number of carbonyl (C=O) groups excluding carboxylic acids is 1. The standard InChI is InChI=1S/C13H24N2O2/c1-9-5-8-17-12(9)13(16)15-10(2)11-3-6-14-7-4-11/h9-12,14H,3-8H2,1-2H3,(H,15,16). The van der Waals surface area contributed by atoms with Gasteiger partial charge in [-0.15, -0.1) is 0 Å². The molecule has 0 spiro atoms.